The average molecular weight is 264 g/mol. The van der Waals surface area contributed by atoms with Crippen molar-refractivity contribution < 1.29 is 10.2 Å². The molecule has 0 fully saturated rings. The Kier molecular flexibility index (Phi) is 4.36. The molecular formula is C17H28O2. The van der Waals surface area contributed by atoms with Gasteiger partial charge < -0.3 is 10.2 Å². The summed E-state index contributed by atoms with van der Waals surface area (Å²) in [5.41, 5.74) is 2.56. The largest absolute Gasteiger partial charge is 0.507 e. The molecule has 0 aliphatic heterocycles. The Labute approximate surface area is 117 Å². The number of rotatable bonds is 2. The fourth-order valence-electron chi connectivity index (χ4n) is 2.14. The molecule has 0 heterocycles. The SMILES string of the molecule is CCC(O)c1cc(C(C)(C)C)cc(C(C)(C)C)c1O. The molecule has 1 aromatic rings. The van der Waals surface area contributed by atoms with Gasteiger partial charge in [0.1, 0.15) is 5.75 Å². The van der Waals surface area contributed by atoms with Crippen molar-refractivity contribution in [2.45, 2.75) is 71.8 Å². The maximum Gasteiger partial charge on any atom is 0.125 e. The van der Waals surface area contributed by atoms with E-state index in [-0.39, 0.29) is 16.6 Å². The van der Waals surface area contributed by atoms with Crippen LogP contribution in [0.1, 0.15) is 77.7 Å². The van der Waals surface area contributed by atoms with Crippen molar-refractivity contribution in [1.82, 2.24) is 0 Å². The molecule has 0 saturated heterocycles. The minimum Gasteiger partial charge on any atom is -0.507 e. The molecule has 2 heteroatoms. The molecule has 0 aliphatic carbocycles. The van der Waals surface area contributed by atoms with Crippen LogP contribution in [-0.2, 0) is 10.8 Å². The van der Waals surface area contributed by atoms with Gasteiger partial charge in [0.2, 0.25) is 0 Å². The molecule has 1 unspecified atom stereocenters. The summed E-state index contributed by atoms with van der Waals surface area (Å²) in [6.45, 7) is 14.6. The van der Waals surface area contributed by atoms with Crippen molar-refractivity contribution in [1.29, 1.82) is 0 Å². The highest BCUT2D eigenvalue weighted by atomic mass is 16.3. The van der Waals surface area contributed by atoms with E-state index in [1.165, 1.54) is 0 Å². The number of phenols is 1. The Morgan fingerprint density at radius 1 is 1.00 bits per heavy atom. The molecule has 0 aromatic heterocycles. The Bertz CT molecular complexity index is 448. The molecule has 0 bridgehead atoms. The Morgan fingerprint density at radius 2 is 1.53 bits per heavy atom. The summed E-state index contributed by atoms with van der Waals surface area (Å²) in [5, 5.41) is 20.6. The van der Waals surface area contributed by atoms with Crippen LogP contribution in [0.3, 0.4) is 0 Å². The van der Waals surface area contributed by atoms with Crippen molar-refractivity contribution in [3.63, 3.8) is 0 Å². The summed E-state index contributed by atoms with van der Waals surface area (Å²) >= 11 is 0. The molecule has 2 N–H and O–H groups in total. The average Bonchev–Trinajstić information content (AvgIpc) is 2.25. The predicted molar refractivity (Wildman–Crippen MR) is 80.8 cm³/mol. The Morgan fingerprint density at radius 3 is 1.89 bits per heavy atom. The monoisotopic (exact) mass is 264 g/mol. The van der Waals surface area contributed by atoms with Gasteiger partial charge in [-0.15, -0.1) is 0 Å². The van der Waals surface area contributed by atoms with Crippen LogP contribution in [-0.4, -0.2) is 10.2 Å². The highest BCUT2D eigenvalue weighted by molar-refractivity contribution is 5.49. The summed E-state index contributed by atoms with van der Waals surface area (Å²) in [6.07, 6.45) is -0.00604. The zero-order valence-electron chi connectivity index (χ0n) is 13.3. The van der Waals surface area contributed by atoms with Gasteiger partial charge >= 0.3 is 0 Å². The zero-order chi connectivity index (χ0) is 15.0. The normalized spacial score (nSPS) is 14.5. The summed E-state index contributed by atoms with van der Waals surface area (Å²) in [7, 11) is 0. The van der Waals surface area contributed by atoms with Crippen molar-refractivity contribution in [2.75, 3.05) is 0 Å². The van der Waals surface area contributed by atoms with E-state index in [0.717, 1.165) is 11.1 Å². The molecule has 0 saturated carbocycles. The summed E-state index contributed by atoms with van der Waals surface area (Å²) in [6, 6.07) is 4.01. The number of aliphatic hydroxyl groups excluding tert-OH is 1. The van der Waals surface area contributed by atoms with E-state index in [1.54, 1.807) is 0 Å². The molecular weight excluding hydrogens is 236 g/mol. The van der Waals surface area contributed by atoms with Crippen molar-refractivity contribution in [3.05, 3.63) is 28.8 Å². The number of hydrogen-bond donors (Lipinski definition) is 2. The minimum absolute atomic E-state index is 0.00406. The lowest BCUT2D eigenvalue weighted by molar-refractivity contribution is 0.169. The van der Waals surface area contributed by atoms with E-state index in [4.69, 9.17) is 0 Å². The highest BCUT2D eigenvalue weighted by Crippen LogP contribution is 2.40. The van der Waals surface area contributed by atoms with E-state index in [2.05, 4.69) is 47.6 Å². The smallest absolute Gasteiger partial charge is 0.125 e. The van der Waals surface area contributed by atoms with E-state index in [0.29, 0.717) is 12.0 Å². The molecule has 0 spiro atoms. The first-order valence-electron chi connectivity index (χ1n) is 7.04. The van der Waals surface area contributed by atoms with Gasteiger partial charge in [0.25, 0.3) is 0 Å². The molecule has 0 aliphatic rings. The maximum atomic E-state index is 10.5. The van der Waals surface area contributed by atoms with Crippen LogP contribution in [0, 0.1) is 0 Å². The van der Waals surface area contributed by atoms with Crippen LogP contribution < -0.4 is 0 Å². The Hall–Kier alpha value is -1.02. The van der Waals surface area contributed by atoms with Crippen LogP contribution in [0.15, 0.2) is 12.1 Å². The van der Waals surface area contributed by atoms with Crippen molar-refractivity contribution in [3.8, 4) is 5.75 Å². The van der Waals surface area contributed by atoms with Gasteiger partial charge in [-0.3, -0.25) is 0 Å². The van der Waals surface area contributed by atoms with Crippen LogP contribution in [0.4, 0.5) is 0 Å². The molecule has 1 atom stereocenters. The summed E-state index contributed by atoms with van der Waals surface area (Å²) < 4.78 is 0. The van der Waals surface area contributed by atoms with Crippen LogP contribution in [0.2, 0.25) is 0 Å². The fraction of sp³-hybridized carbons (Fsp3) is 0.647. The van der Waals surface area contributed by atoms with Gasteiger partial charge in [-0.25, -0.2) is 0 Å². The molecule has 1 aromatic carbocycles. The lowest BCUT2D eigenvalue weighted by Crippen LogP contribution is -2.18. The van der Waals surface area contributed by atoms with E-state index < -0.39 is 6.10 Å². The van der Waals surface area contributed by atoms with Gasteiger partial charge in [0.15, 0.2) is 0 Å². The summed E-state index contributed by atoms with van der Waals surface area (Å²) in [5.74, 6) is 0.245. The number of aromatic hydroxyl groups is 1. The number of phenolic OH excluding ortho intramolecular Hbond substituents is 1. The van der Waals surface area contributed by atoms with Crippen LogP contribution in [0.25, 0.3) is 0 Å². The second-order valence-electron chi connectivity index (χ2n) is 7.39. The third kappa shape index (κ3) is 3.50. The topological polar surface area (TPSA) is 40.5 Å². The molecule has 2 nitrogen and oxygen atoms in total. The van der Waals surface area contributed by atoms with E-state index in [1.807, 2.05) is 13.0 Å². The minimum atomic E-state index is -0.608. The predicted octanol–water partition coefficient (Wildman–Crippen LogP) is 4.43. The zero-order valence-corrected chi connectivity index (χ0v) is 13.3. The molecule has 1 rings (SSSR count). The maximum absolute atomic E-state index is 10.5. The molecule has 108 valence electrons. The van der Waals surface area contributed by atoms with Gasteiger partial charge in [-0.1, -0.05) is 54.5 Å². The van der Waals surface area contributed by atoms with Crippen molar-refractivity contribution in [2.24, 2.45) is 0 Å². The molecule has 0 radical (unpaired) electrons. The summed E-state index contributed by atoms with van der Waals surface area (Å²) in [4.78, 5) is 0. The van der Waals surface area contributed by atoms with Gasteiger partial charge in [-0.05, 0) is 34.4 Å². The second kappa shape index (κ2) is 5.16. The van der Waals surface area contributed by atoms with Gasteiger partial charge in [0.05, 0.1) is 6.10 Å². The van der Waals surface area contributed by atoms with E-state index >= 15 is 0 Å². The van der Waals surface area contributed by atoms with Crippen LogP contribution >= 0.6 is 0 Å². The quantitative estimate of drug-likeness (QED) is 0.829. The highest BCUT2D eigenvalue weighted by Gasteiger charge is 2.26. The standard InChI is InChI=1S/C17H28O2/c1-8-14(18)12-9-11(16(2,3)4)10-13(15(12)19)17(5,6)7/h9-10,14,18-19H,8H2,1-7H3. The number of hydrogen-bond acceptors (Lipinski definition) is 2. The van der Waals surface area contributed by atoms with Gasteiger partial charge in [-0.2, -0.15) is 0 Å². The van der Waals surface area contributed by atoms with Crippen molar-refractivity contribution >= 4 is 0 Å². The first-order valence-corrected chi connectivity index (χ1v) is 7.04. The first-order chi connectivity index (χ1) is 8.48. The third-order valence-electron chi connectivity index (χ3n) is 3.56. The fourth-order valence-corrected chi connectivity index (χ4v) is 2.14. The van der Waals surface area contributed by atoms with Crippen LogP contribution in [0.5, 0.6) is 5.75 Å². The van der Waals surface area contributed by atoms with E-state index in [9.17, 15) is 10.2 Å². The second-order valence-corrected chi connectivity index (χ2v) is 7.39. The molecule has 19 heavy (non-hydrogen) atoms. The number of benzene rings is 1. The van der Waals surface area contributed by atoms with Gasteiger partial charge in [0, 0.05) is 5.56 Å². The number of aliphatic hydroxyl groups is 1. The lowest BCUT2D eigenvalue weighted by Gasteiger charge is -2.28. The lowest BCUT2D eigenvalue weighted by atomic mass is 9.78. The Balaban J connectivity index is 3.57. The first kappa shape index (κ1) is 16.0. The molecule has 0 amide bonds. The third-order valence-corrected chi connectivity index (χ3v) is 3.56.